The van der Waals surface area contributed by atoms with Gasteiger partial charge >= 0.3 is 0 Å². The summed E-state index contributed by atoms with van der Waals surface area (Å²) in [6.07, 6.45) is 3.57. The maximum atomic E-state index is 12.2. The molecule has 0 aliphatic rings. The quantitative estimate of drug-likeness (QED) is 0.419. The van der Waals surface area contributed by atoms with Gasteiger partial charge in [0.05, 0.1) is 4.91 Å². The highest BCUT2D eigenvalue weighted by Crippen LogP contribution is 2.19. The fourth-order valence-electron chi connectivity index (χ4n) is 1.60. The number of hydrogen-bond acceptors (Lipinski definition) is 4. The van der Waals surface area contributed by atoms with E-state index >= 15 is 0 Å². The van der Waals surface area contributed by atoms with E-state index in [0.717, 1.165) is 23.6 Å². The monoisotopic (exact) mass is 291 g/mol. The molecule has 20 heavy (non-hydrogen) atoms. The first-order chi connectivity index (χ1) is 9.69. The zero-order valence-electron chi connectivity index (χ0n) is 11.3. The van der Waals surface area contributed by atoms with E-state index in [1.54, 1.807) is 13.1 Å². The Labute approximate surface area is 122 Å². The number of hydrogen-bond donors (Lipinski definition) is 0. The molecule has 0 atom stereocenters. The van der Waals surface area contributed by atoms with Crippen molar-refractivity contribution in [1.29, 1.82) is 0 Å². The first kappa shape index (κ1) is 16.2. The Morgan fingerprint density at radius 2 is 1.95 bits per heavy atom. The molecule has 0 fully saturated rings. The van der Waals surface area contributed by atoms with Crippen molar-refractivity contribution < 1.29 is 14.4 Å². The van der Waals surface area contributed by atoms with Gasteiger partial charge in [0.25, 0.3) is 5.91 Å². The highest BCUT2D eigenvalue weighted by Gasteiger charge is 2.15. The van der Waals surface area contributed by atoms with Crippen molar-refractivity contribution in [2.75, 3.05) is 13.6 Å². The van der Waals surface area contributed by atoms with Gasteiger partial charge in [0.1, 0.15) is 6.29 Å². The van der Waals surface area contributed by atoms with Gasteiger partial charge in [-0.05, 0) is 29.8 Å². The Kier molecular flexibility index (Phi) is 7.35. The lowest BCUT2D eigenvalue weighted by Gasteiger charge is -2.17. The fraction of sp³-hybridized carbons (Fsp3) is 0.267. The summed E-state index contributed by atoms with van der Waals surface area (Å²) in [5.74, 6) is -0.211. The number of carbonyl (C=O) groups excluding carboxylic acids is 3. The number of carbonyl (C=O) groups is 3. The first-order valence-corrected chi connectivity index (χ1v) is 7.13. The summed E-state index contributed by atoms with van der Waals surface area (Å²) in [6.45, 7) is 0.489. The molecule has 0 spiro atoms. The number of unbranched alkanes of at least 4 members (excludes halogenated alkanes) is 1. The van der Waals surface area contributed by atoms with E-state index in [2.05, 4.69) is 0 Å². The van der Waals surface area contributed by atoms with Crippen molar-refractivity contribution in [3.05, 3.63) is 40.8 Å². The van der Waals surface area contributed by atoms with Gasteiger partial charge in [-0.3, -0.25) is 9.59 Å². The summed E-state index contributed by atoms with van der Waals surface area (Å²) in [5.41, 5.74) is 1.51. The minimum Gasteiger partial charge on any atom is -0.341 e. The molecule has 0 unspecified atom stereocenters. The molecule has 4 nitrogen and oxygen atoms in total. The van der Waals surface area contributed by atoms with Crippen LogP contribution in [0.3, 0.4) is 0 Å². The molecule has 0 radical (unpaired) electrons. The number of aldehydes is 1. The van der Waals surface area contributed by atoms with E-state index in [9.17, 15) is 14.4 Å². The average molecular weight is 291 g/mol. The van der Waals surface area contributed by atoms with Gasteiger partial charge in [0.2, 0.25) is 0 Å². The van der Waals surface area contributed by atoms with E-state index < -0.39 is 0 Å². The van der Waals surface area contributed by atoms with Gasteiger partial charge in [-0.15, -0.1) is 0 Å². The van der Waals surface area contributed by atoms with Gasteiger partial charge in [-0.25, -0.2) is 0 Å². The molecule has 1 aromatic carbocycles. The second-order valence-corrected chi connectivity index (χ2v) is 5.04. The molecule has 1 amide bonds. The summed E-state index contributed by atoms with van der Waals surface area (Å²) in [4.78, 5) is 35.1. The molecule has 0 bridgehead atoms. The number of thioether (sulfide) groups is 1. The number of nitrogens with zero attached hydrogens (tertiary/aromatic N) is 1. The average Bonchev–Trinajstić information content (AvgIpc) is 2.47. The lowest BCUT2D eigenvalue weighted by atomic mass is 10.2. The summed E-state index contributed by atoms with van der Waals surface area (Å²) >= 11 is 0.867. The SMILES string of the molecule is CN(CCCC=O)C(=O)/C(=C/c1ccccc1)SC=O. The van der Waals surface area contributed by atoms with Crippen LogP contribution in [0.1, 0.15) is 18.4 Å². The van der Waals surface area contributed by atoms with Gasteiger partial charge in [0, 0.05) is 20.0 Å². The van der Waals surface area contributed by atoms with Crippen LogP contribution in [0.15, 0.2) is 35.2 Å². The van der Waals surface area contributed by atoms with Crippen LogP contribution in [-0.4, -0.2) is 36.3 Å². The number of rotatable bonds is 8. The summed E-state index contributed by atoms with van der Waals surface area (Å²) in [6, 6.07) is 9.36. The third-order valence-electron chi connectivity index (χ3n) is 2.65. The highest BCUT2D eigenvalue weighted by atomic mass is 32.2. The van der Waals surface area contributed by atoms with Crippen LogP contribution in [0.2, 0.25) is 0 Å². The largest absolute Gasteiger partial charge is 0.341 e. The van der Waals surface area contributed by atoms with Gasteiger partial charge in [-0.2, -0.15) is 0 Å². The Morgan fingerprint density at radius 1 is 1.25 bits per heavy atom. The molecular formula is C15H17NO3S. The van der Waals surface area contributed by atoms with Crippen molar-refractivity contribution >= 4 is 35.6 Å². The molecule has 1 aromatic rings. The van der Waals surface area contributed by atoms with E-state index in [4.69, 9.17) is 0 Å². The van der Waals surface area contributed by atoms with Crippen molar-refractivity contribution in [2.24, 2.45) is 0 Å². The van der Waals surface area contributed by atoms with Crippen LogP contribution in [0, 0.1) is 0 Å². The minimum absolute atomic E-state index is 0.211. The Hall–Kier alpha value is -1.88. The van der Waals surface area contributed by atoms with Crippen molar-refractivity contribution in [3.8, 4) is 0 Å². The van der Waals surface area contributed by atoms with Crippen LogP contribution < -0.4 is 0 Å². The molecule has 0 aromatic heterocycles. The molecule has 0 aliphatic heterocycles. The molecule has 0 N–H and O–H groups in total. The van der Waals surface area contributed by atoms with E-state index in [-0.39, 0.29) is 5.91 Å². The Balaban J connectivity index is 2.79. The minimum atomic E-state index is -0.211. The van der Waals surface area contributed by atoms with Crippen molar-refractivity contribution in [2.45, 2.75) is 12.8 Å². The van der Waals surface area contributed by atoms with Crippen molar-refractivity contribution in [1.82, 2.24) is 4.90 Å². The lowest BCUT2D eigenvalue weighted by molar-refractivity contribution is -0.125. The van der Waals surface area contributed by atoms with Gasteiger partial charge in [-0.1, -0.05) is 30.3 Å². The standard InChI is InChI=1S/C15H17NO3S/c1-16(9-5-6-10-17)15(19)14(20-12-18)11-13-7-3-2-4-8-13/h2-4,7-8,10-12H,5-6,9H2,1H3/b14-11-. The van der Waals surface area contributed by atoms with E-state index in [1.165, 1.54) is 4.90 Å². The molecule has 0 aliphatic carbocycles. The zero-order valence-corrected chi connectivity index (χ0v) is 12.1. The van der Waals surface area contributed by atoms with E-state index in [1.807, 2.05) is 30.3 Å². The predicted octanol–water partition coefficient (Wildman–Crippen LogP) is 2.39. The number of benzene rings is 1. The topological polar surface area (TPSA) is 54.5 Å². The van der Waals surface area contributed by atoms with Crippen LogP contribution in [0.4, 0.5) is 0 Å². The van der Waals surface area contributed by atoms with Gasteiger partial charge < -0.3 is 9.69 Å². The van der Waals surface area contributed by atoms with Crippen LogP contribution in [-0.2, 0) is 14.4 Å². The number of amides is 1. The van der Waals surface area contributed by atoms with E-state index in [0.29, 0.717) is 29.9 Å². The molecule has 0 saturated carbocycles. The Morgan fingerprint density at radius 3 is 2.55 bits per heavy atom. The molecule has 0 saturated heterocycles. The van der Waals surface area contributed by atoms with Gasteiger partial charge in [0.15, 0.2) is 5.62 Å². The van der Waals surface area contributed by atoms with Crippen LogP contribution in [0.25, 0.3) is 6.08 Å². The Bertz CT molecular complexity index is 485. The maximum Gasteiger partial charge on any atom is 0.260 e. The third-order valence-corrected chi connectivity index (χ3v) is 3.29. The summed E-state index contributed by atoms with van der Waals surface area (Å²) in [7, 11) is 1.66. The number of likely N-dealkylation sites (N-methyl/N-ethyl adjacent to an activating group) is 1. The predicted molar refractivity (Wildman–Crippen MR) is 81.7 cm³/mol. The smallest absolute Gasteiger partial charge is 0.260 e. The fourth-order valence-corrected chi connectivity index (χ4v) is 2.16. The van der Waals surface area contributed by atoms with Crippen molar-refractivity contribution in [3.63, 3.8) is 0 Å². The molecule has 1 rings (SSSR count). The maximum absolute atomic E-state index is 12.2. The van der Waals surface area contributed by atoms with Crippen LogP contribution >= 0.6 is 11.8 Å². The molecule has 5 heteroatoms. The second kappa shape index (κ2) is 9.09. The second-order valence-electron chi connectivity index (χ2n) is 4.17. The zero-order chi connectivity index (χ0) is 14.8. The summed E-state index contributed by atoms with van der Waals surface area (Å²) < 4.78 is 0. The molecular weight excluding hydrogens is 274 g/mol. The summed E-state index contributed by atoms with van der Waals surface area (Å²) in [5, 5.41) is 0. The highest BCUT2D eigenvalue weighted by molar-refractivity contribution is 8.16. The van der Waals surface area contributed by atoms with Crippen LogP contribution in [0.5, 0.6) is 0 Å². The molecule has 106 valence electrons. The third kappa shape index (κ3) is 5.40. The normalized spacial score (nSPS) is 10.9. The molecule has 0 heterocycles. The first-order valence-electron chi connectivity index (χ1n) is 6.25. The lowest BCUT2D eigenvalue weighted by Crippen LogP contribution is -2.28.